The molecule has 1 fully saturated rings. The fourth-order valence-corrected chi connectivity index (χ4v) is 5.19. The quantitative estimate of drug-likeness (QED) is 0.679. The van der Waals surface area contributed by atoms with Crippen molar-refractivity contribution in [2.24, 2.45) is 0 Å². The summed E-state index contributed by atoms with van der Waals surface area (Å²) in [7, 11) is -2.61. The second-order valence-corrected chi connectivity index (χ2v) is 8.88. The van der Waals surface area contributed by atoms with Gasteiger partial charge in [-0.1, -0.05) is 51.8 Å². The molecule has 0 radical (unpaired) electrons. The number of para-hydroxylation sites is 1. The second-order valence-electron chi connectivity index (χ2n) is 5.89. The molecule has 8 heteroatoms. The number of hydrogen-bond donors (Lipinski definition) is 0. The Morgan fingerprint density at radius 3 is 2.46 bits per heavy atom. The fourth-order valence-electron chi connectivity index (χ4n) is 2.87. The number of methoxy groups -OCH3 is 1. The minimum absolute atomic E-state index is 0.0292. The van der Waals surface area contributed by atoms with Gasteiger partial charge in [0.15, 0.2) is 0 Å². The minimum Gasteiger partial charge on any atom is -0.496 e. The molecule has 1 saturated heterocycles. The van der Waals surface area contributed by atoms with Crippen LogP contribution < -0.4 is 4.74 Å². The lowest BCUT2D eigenvalue weighted by Gasteiger charge is -2.37. The Hall–Kier alpha value is -2.06. The van der Waals surface area contributed by atoms with Gasteiger partial charge < -0.3 is 9.47 Å². The van der Waals surface area contributed by atoms with Crippen molar-refractivity contribution in [3.63, 3.8) is 0 Å². The van der Waals surface area contributed by atoms with Crippen molar-refractivity contribution in [2.45, 2.75) is 22.7 Å². The highest BCUT2D eigenvalue weighted by Gasteiger charge is 2.45. The lowest BCUT2D eigenvalue weighted by molar-refractivity contribution is 0.0834. The Labute approximate surface area is 160 Å². The van der Waals surface area contributed by atoms with Gasteiger partial charge in [-0.25, -0.2) is 13.2 Å². The van der Waals surface area contributed by atoms with Crippen molar-refractivity contribution in [3.05, 3.63) is 59.7 Å². The van der Waals surface area contributed by atoms with Gasteiger partial charge in [-0.05, 0) is 25.1 Å². The molecule has 1 amide bonds. The molecule has 0 aromatic heterocycles. The monoisotopic (exact) mass is 439 g/mol. The number of benzene rings is 2. The molecule has 1 aliphatic heterocycles. The first-order valence-electron chi connectivity index (χ1n) is 7.91. The Balaban J connectivity index is 2.14. The Morgan fingerprint density at radius 1 is 1.15 bits per heavy atom. The predicted molar refractivity (Wildman–Crippen MR) is 100 cm³/mol. The summed E-state index contributed by atoms with van der Waals surface area (Å²) < 4.78 is 37.6. The first kappa shape index (κ1) is 18.7. The van der Waals surface area contributed by atoms with E-state index >= 15 is 0 Å². The molecule has 0 N–H and O–H groups in total. The number of amides is 1. The molecule has 6 nitrogen and oxygen atoms in total. The molecule has 0 saturated carbocycles. The molecule has 26 heavy (non-hydrogen) atoms. The van der Waals surface area contributed by atoms with Gasteiger partial charge in [0.1, 0.15) is 12.4 Å². The molecular formula is C18H18BrNO5S. The van der Waals surface area contributed by atoms with Crippen LogP contribution in [0.4, 0.5) is 4.79 Å². The minimum atomic E-state index is -4.11. The maximum atomic E-state index is 13.2. The lowest BCUT2D eigenvalue weighted by Crippen LogP contribution is -2.49. The molecule has 0 aliphatic carbocycles. The number of aryl methyl sites for hydroxylation is 1. The van der Waals surface area contributed by atoms with Crippen LogP contribution in [0.25, 0.3) is 0 Å². The number of cyclic esters (lactones) is 1. The van der Waals surface area contributed by atoms with Crippen LogP contribution in [-0.2, 0) is 14.8 Å². The zero-order chi connectivity index (χ0) is 18.9. The number of ether oxygens (including phenoxy) is 2. The predicted octanol–water partition coefficient (Wildman–Crippen LogP) is 3.65. The summed E-state index contributed by atoms with van der Waals surface area (Å²) in [4.78, 5) is 12.1. The van der Waals surface area contributed by atoms with Crippen molar-refractivity contribution in [3.8, 4) is 5.75 Å². The Kier molecular flexibility index (Phi) is 5.24. The molecule has 1 heterocycles. The van der Waals surface area contributed by atoms with E-state index < -0.39 is 27.0 Å². The highest BCUT2D eigenvalue weighted by Crippen LogP contribution is 2.40. The number of alkyl halides is 1. The third-order valence-corrected chi connectivity index (χ3v) is 6.70. The Morgan fingerprint density at radius 2 is 1.81 bits per heavy atom. The van der Waals surface area contributed by atoms with Crippen LogP contribution in [0.1, 0.15) is 17.2 Å². The van der Waals surface area contributed by atoms with E-state index in [-0.39, 0.29) is 11.5 Å². The van der Waals surface area contributed by atoms with Gasteiger partial charge in [0.25, 0.3) is 10.0 Å². The standard InChI is InChI=1S/C18H18BrNO5S/c1-12-7-9-13(10-8-12)26(22,23)20-17(15(19)11-25-18(20)21)14-5-3-4-6-16(14)24-2/h3-10,15,17H,11H2,1-2H3/t15-,17+/m0/s1. The maximum Gasteiger partial charge on any atom is 0.424 e. The number of sulfonamides is 1. The van der Waals surface area contributed by atoms with E-state index in [2.05, 4.69) is 15.9 Å². The molecular weight excluding hydrogens is 422 g/mol. The molecule has 0 unspecified atom stereocenters. The normalized spacial score (nSPS) is 20.6. The number of rotatable bonds is 4. The van der Waals surface area contributed by atoms with Crippen LogP contribution in [-0.4, -0.2) is 37.4 Å². The van der Waals surface area contributed by atoms with E-state index in [0.29, 0.717) is 11.3 Å². The van der Waals surface area contributed by atoms with Crippen molar-refractivity contribution >= 4 is 32.0 Å². The van der Waals surface area contributed by atoms with Crippen LogP contribution in [0.5, 0.6) is 5.75 Å². The first-order chi connectivity index (χ1) is 12.4. The Bertz CT molecular complexity index is 913. The molecule has 2 aromatic carbocycles. The van der Waals surface area contributed by atoms with Crippen molar-refractivity contribution in [1.82, 2.24) is 4.31 Å². The summed E-state index contributed by atoms with van der Waals surface area (Å²) in [5.74, 6) is 0.501. The number of halogens is 1. The van der Waals surface area contributed by atoms with Crippen molar-refractivity contribution in [2.75, 3.05) is 13.7 Å². The van der Waals surface area contributed by atoms with Crippen LogP contribution >= 0.6 is 15.9 Å². The van der Waals surface area contributed by atoms with Gasteiger partial charge in [0, 0.05) is 5.56 Å². The van der Waals surface area contributed by atoms with Crippen LogP contribution in [0, 0.1) is 6.92 Å². The molecule has 2 aromatic rings. The van der Waals surface area contributed by atoms with Gasteiger partial charge in [-0.2, -0.15) is 4.31 Å². The largest absolute Gasteiger partial charge is 0.496 e. The summed E-state index contributed by atoms with van der Waals surface area (Å²) >= 11 is 3.46. The average Bonchev–Trinajstić information content (AvgIpc) is 2.63. The van der Waals surface area contributed by atoms with Gasteiger partial charge in [-0.3, -0.25) is 0 Å². The lowest BCUT2D eigenvalue weighted by atomic mass is 10.0. The molecule has 0 spiro atoms. The molecule has 2 atom stereocenters. The van der Waals surface area contributed by atoms with E-state index in [4.69, 9.17) is 9.47 Å². The number of carbonyl (C=O) groups is 1. The van der Waals surface area contributed by atoms with Crippen molar-refractivity contribution < 1.29 is 22.7 Å². The number of nitrogens with zero attached hydrogens (tertiary/aromatic N) is 1. The van der Waals surface area contributed by atoms with Gasteiger partial charge in [0.05, 0.1) is 22.9 Å². The maximum absolute atomic E-state index is 13.2. The van der Waals surface area contributed by atoms with E-state index in [1.54, 1.807) is 36.4 Å². The molecule has 3 rings (SSSR count). The smallest absolute Gasteiger partial charge is 0.424 e. The number of hydrogen-bond acceptors (Lipinski definition) is 5. The van der Waals surface area contributed by atoms with E-state index in [1.807, 2.05) is 6.92 Å². The van der Waals surface area contributed by atoms with Gasteiger partial charge >= 0.3 is 6.09 Å². The SMILES string of the molecule is COc1ccccc1[C@@H]1[C@@H](Br)COC(=O)N1S(=O)(=O)c1ccc(C)cc1. The first-order valence-corrected chi connectivity index (χ1v) is 10.3. The van der Waals surface area contributed by atoms with Crippen LogP contribution in [0.15, 0.2) is 53.4 Å². The summed E-state index contributed by atoms with van der Waals surface area (Å²) in [5, 5.41) is 0. The number of carbonyl (C=O) groups excluding carboxylic acids is 1. The second kappa shape index (κ2) is 7.28. The molecule has 1 aliphatic rings. The van der Waals surface area contributed by atoms with Crippen LogP contribution in [0.3, 0.4) is 0 Å². The van der Waals surface area contributed by atoms with E-state index in [9.17, 15) is 13.2 Å². The van der Waals surface area contributed by atoms with Gasteiger partial charge in [-0.15, -0.1) is 0 Å². The zero-order valence-corrected chi connectivity index (χ0v) is 16.7. The summed E-state index contributed by atoms with van der Waals surface area (Å²) in [6.45, 7) is 1.92. The van der Waals surface area contributed by atoms with Crippen molar-refractivity contribution in [1.29, 1.82) is 0 Å². The highest BCUT2D eigenvalue weighted by atomic mass is 79.9. The highest BCUT2D eigenvalue weighted by molar-refractivity contribution is 9.09. The summed E-state index contributed by atoms with van der Waals surface area (Å²) in [6.07, 6.45) is -0.905. The van der Waals surface area contributed by atoms with E-state index in [0.717, 1.165) is 9.87 Å². The van der Waals surface area contributed by atoms with Gasteiger partial charge in [0.2, 0.25) is 0 Å². The van der Waals surface area contributed by atoms with E-state index in [1.165, 1.54) is 19.2 Å². The topological polar surface area (TPSA) is 72.9 Å². The third kappa shape index (κ3) is 3.31. The summed E-state index contributed by atoms with van der Waals surface area (Å²) in [6, 6.07) is 12.6. The fraction of sp³-hybridized carbons (Fsp3) is 0.278. The average molecular weight is 440 g/mol. The summed E-state index contributed by atoms with van der Waals surface area (Å²) in [5.41, 5.74) is 1.51. The molecule has 0 bridgehead atoms. The zero-order valence-electron chi connectivity index (χ0n) is 14.3. The third-order valence-electron chi connectivity index (χ3n) is 4.18. The molecule has 138 valence electrons. The van der Waals surface area contributed by atoms with Crippen LogP contribution in [0.2, 0.25) is 0 Å².